The Bertz CT molecular complexity index is 1270. The summed E-state index contributed by atoms with van der Waals surface area (Å²) >= 11 is 0. The van der Waals surface area contributed by atoms with Crippen LogP contribution in [0.3, 0.4) is 0 Å². The normalized spacial score (nSPS) is 21.8. The highest BCUT2D eigenvalue weighted by Crippen LogP contribution is 2.38. The van der Waals surface area contributed by atoms with Crippen LogP contribution in [-0.2, 0) is 29.1 Å². The van der Waals surface area contributed by atoms with Crippen LogP contribution in [0, 0.1) is 0 Å². The molecule has 1 amide bonds. The number of fused-ring (bicyclic) bond motifs is 5. The summed E-state index contributed by atoms with van der Waals surface area (Å²) in [6.45, 7) is -1.54. The smallest absolute Gasteiger partial charge is 0.388 e. The molecule has 6 rings (SSSR count). The molecule has 3 aromatic rings. The maximum absolute atomic E-state index is 13.7. The molecule has 0 saturated carbocycles. The first-order chi connectivity index (χ1) is 16.0. The van der Waals surface area contributed by atoms with Crippen LogP contribution < -0.4 is 10.5 Å². The van der Waals surface area contributed by atoms with Gasteiger partial charge in [-0.1, -0.05) is 0 Å². The number of anilines is 1. The zero-order valence-electron chi connectivity index (χ0n) is 17.3. The number of nitrogens with two attached hydrogens (primary N) is 1. The number of halogens is 2. The molecule has 3 aliphatic rings. The van der Waals surface area contributed by atoms with Gasteiger partial charge in [-0.25, -0.2) is 4.98 Å². The van der Waals surface area contributed by atoms with Crippen LogP contribution in [-0.4, -0.2) is 51.9 Å². The molecule has 2 atom stereocenters. The second-order valence-corrected chi connectivity index (χ2v) is 8.27. The average molecular weight is 455 g/mol. The first-order valence-electron chi connectivity index (χ1n) is 10.5. The van der Waals surface area contributed by atoms with E-state index in [1.54, 1.807) is 4.90 Å². The van der Waals surface area contributed by atoms with Crippen LogP contribution in [0.1, 0.15) is 38.8 Å². The summed E-state index contributed by atoms with van der Waals surface area (Å²) in [5.74, 6) is 0.0277. The van der Waals surface area contributed by atoms with Crippen molar-refractivity contribution >= 4 is 22.6 Å². The van der Waals surface area contributed by atoms with E-state index in [0.717, 1.165) is 27.6 Å². The summed E-state index contributed by atoms with van der Waals surface area (Å²) in [4.78, 5) is 20.0. The molecular weight excluding hydrogens is 436 g/mol. The Hall–Kier alpha value is -3.44. The Balaban J connectivity index is 1.39. The maximum Gasteiger partial charge on any atom is 0.388 e. The highest BCUT2D eigenvalue weighted by Gasteiger charge is 2.41. The third kappa shape index (κ3) is 3.26. The Labute approximate surface area is 186 Å². The lowest BCUT2D eigenvalue weighted by molar-refractivity contribution is -0.0540. The first kappa shape index (κ1) is 20.2. The number of benzene rings is 1. The first-order valence-corrected chi connectivity index (χ1v) is 10.5. The second-order valence-electron chi connectivity index (χ2n) is 8.27. The molecule has 170 valence electrons. The largest absolute Gasteiger partial charge is 0.415 e. The third-order valence-electron chi connectivity index (χ3n) is 6.40. The molecule has 0 bridgehead atoms. The molecule has 1 fully saturated rings. The van der Waals surface area contributed by atoms with Crippen molar-refractivity contribution in [2.24, 2.45) is 0 Å². The van der Waals surface area contributed by atoms with Gasteiger partial charge in [0, 0.05) is 22.6 Å². The minimum atomic E-state index is -2.99. The third-order valence-corrected chi connectivity index (χ3v) is 6.40. The molecule has 0 unspecified atom stereocenters. The fourth-order valence-electron chi connectivity index (χ4n) is 4.91. The number of carbonyl (C=O) groups is 1. The van der Waals surface area contributed by atoms with Crippen LogP contribution in [0.15, 0.2) is 24.3 Å². The van der Waals surface area contributed by atoms with Crippen molar-refractivity contribution < 1.29 is 27.8 Å². The maximum atomic E-state index is 13.7. The molecule has 0 radical (unpaired) electrons. The Morgan fingerprint density at radius 3 is 2.76 bits per heavy atom. The van der Waals surface area contributed by atoms with Gasteiger partial charge in [-0.05, 0) is 35.7 Å². The molecule has 0 spiro atoms. The highest BCUT2D eigenvalue weighted by atomic mass is 19.3. The van der Waals surface area contributed by atoms with E-state index in [1.165, 1.54) is 12.1 Å². The number of nitrogen functional groups attached to an aromatic ring is 1. The molecule has 3 aliphatic heterocycles. The number of nitrogens with zero attached hydrogens (tertiary/aromatic N) is 4. The number of carbonyl (C=O) groups excluding carboxylic acids is 1. The van der Waals surface area contributed by atoms with E-state index in [1.807, 2.05) is 12.1 Å². The van der Waals surface area contributed by atoms with Gasteiger partial charge >= 0.3 is 6.61 Å². The Morgan fingerprint density at radius 1 is 1.12 bits per heavy atom. The van der Waals surface area contributed by atoms with E-state index in [-0.39, 0.29) is 24.4 Å². The van der Waals surface area contributed by atoms with Crippen LogP contribution >= 0.6 is 0 Å². The molecule has 11 heteroatoms. The quantitative estimate of drug-likeness (QED) is 0.641. The molecule has 0 aliphatic carbocycles. The number of hydrogen-bond donors (Lipinski definition) is 1. The second kappa shape index (κ2) is 7.56. The van der Waals surface area contributed by atoms with E-state index in [4.69, 9.17) is 15.2 Å². The van der Waals surface area contributed by atoms with Crippen molar-refractivity contribution in [3.8, 4) is 5.88 Å². The Morgan fingerprint density at radius 2 is 1.97 bits per heavy atom. The summed E-state index contributed by atoms with van der Waals surface area (Å²) in [5, 5.41) is 8.59. The van der Waals surface area contributed by atoms with Crippen molar-refractivity contribution in [3.05, 3.63) is 52.2 Å². The minimum Gasteiger partial charge on any atom is -0.415 e. The molecule has 33 heavy (non-hydrogen) atoms. The number of morpholine rings is 1. The van der Waals surface area contributed by atoms with Gasteiger partial charge in [0.2, 0.25) is 5.88 Å². The van der Waals surface area contributed by atoms with Crippen molar-refractivity contribution in [2.75, 3.05) is 18.9 Å². The topological polar surface area (TPSA) is 113 Å². The molecule has 2 aromatic heterocycles. The summed E-state index contributed by atoms with van der Waals surface area (Å²) in [6.07, 6.45) is 0.586. The zero-order chi connectivity index (χ0) is 22.7. The van der Waals surface area contributed by atoms with Crippen LogP contribution in [0.25, 0.3) is 10.9 Å². The van der Waals surface area contributed by atoms with Crippen LogP contribution in [0.4, 0.5) is 14.6 Å². The van der Waals surface area contributed by atoms with E-state index in [9.17, 15) is 13.6 Å². The monoisotopic (exact) mass is 455 g/mol. The number of alkyl halides is 2. The average Bonchev–Trinajstić information content (AvgIpc) is 3.29. The van der Waals surface area contributed by atoms with Gasteiger partial charge in [0.15, 0.2) is 0 Å². The van der Waals surface area contributed by atoms with Crippen LogP contribution in [0.5, 0.6) is 5.88 Å². The number of amides is 1. The van der Waals surface area contributed by atoms with Gasteiger partial charge in [0.05, 0.1) is 49.7 Å². The van der Waals surface area contributed by atoms with Crippen molar-refractivity contribution in [1.82, 2.24) is 20.1 Å². The van der Waals surface area contributed by atoms with Crippen molar-refractivity contribution in [3.63, 3.8) is 0 Å². The highest BCUT2D eigenvalue weighted by molar-refractivity contribution is 6.02. The van der Waals surface area contributed by atoms with Crippen molar-refractivity contribution in [2.45, 2.75) is 38.3 Å². The summed E-state index contributed by atoms with van der Waals surface area (Å²) in [7, 11) is 0. The molecule has 1 aromatic carbocycles. The number of aromatic nitrogens is 3. The van der Waals surface area contributed by atoms with E-state index in [2.05, 4.69) is 19.9 Å². The van der Waals surface area contributed by atoms with Gasteiger partial charge in [-0.2, -0.15) is 8.78 Å². The summed E-state index contributed by atoms with van der Waals surface area (Å²) in [6, 6.07) is 5.95. The number of ether oxygens (including phenoxy) is 3. The van der Waals surface area contributed by atoms with Crippen molar-refractivity contribution in [1.29, 1.82) is 0 Å². The van der Waals surface area contributed by atoms with Gasteiger partial charge in [-0.3, -0.25) is 4.79 Å². The fraction of sp³-hybridized carbons (Fsp3) is 0.364. The minimum absolute atomic E-state index is 0.143. The van der Waals surface area contributed by atoms with E-state index >= 15 is 0 Å². The predicted molar refractivity (Wildman–Crippen MR) is 111 cm³/mol. The molecule has 1 saturated heterocycles. The van der Waals surface area contributed by atoms with Crippen LogP contribution in [0.2, 0.25) is 0 Å². The molecular formula is C22H19F2N5O4. The lowest BCUT2D eigenvalue weighted by Crippen LogP contribution is -2.54. The number of pyridine rings is 1. The van der Waals surface area contributed by atoms with Gasteiger partial charge in [0.1, 0.15) is 5.82 Å². The van der Waals surface area contributed by atoms with E-state index in [0.29, 0.717) is 43.3 Å². The van der Waals surface area contributed by atoms with Gasteiger partial charge in [0.25, 0.3) is 5.91 Å². The molecule has 9 nitrogen and oxygen atoms in total. The van der Waals surface area contributed by atoms with Gasteiger partial charge < -0.3 is 24.8 Å². The molecule has 5 heterocycles. The lowest BCUT2D eigenvalue weighted by Gasteiger charge is -2.44. The summed E-state index contributed by atoms with van der Waals surface area (Å²) in [5.41, 5.74) is 10.6. The summed E-state index contributed by atoms with van der Waals surface area (Å²) < 4.78 is 40.4. The zero-order valence-corrected chi connectivity index (χ0v) is 17.3. The van der Waals surface area contributed by atoms with Gasteiger partial charge in [-0.15, -0.1) is 10.2 Å². The molecule has 2 N–H and O–H groups in total. The number of rotatable bonds is 3. The standard InChI is InChI=1S/C22H19F2N5O4/c23-22(24)33-19-2-1-16(27-28-19)18-9-31-6-11-3-10-4-17-13(5-12(10)21(30)29(11)18)14-7-32-8-15(14)20(25)26-17/h1-2,4-5,11,18,22H,3,6-9H2,(H2,25,26)/t11-,18-/m1/s1. The van der Waals surface area contributed by atoms with E-state index < -0.39 is 12.7 Å². The lowest BCUT2D eigenvalue weighted by atomic mass is 9.88. The Kier molecular flexibility index (Phi) is 4.63. The fourth-order valence-corrected chi connectivity index (χ4v) is 4.91. The predicted octanol–water partition coefficient (Wildman–Crippen LogP) is 2.38. The SMILES string of the molecule is Nc1nc2cc3c(cc2c2c1COC2)C(=O)N1[C@@H](COC[C@@H]1c1ccc(OC(F)F)nn1)C3. The number of hydrogen-bond acceptors (Lipinski definition) is 8.